The molecule has 0 aliphatic heterocycles. The quantitative estimate of drug-likeness (QED) is 0.699. The van der Waals surface area contributed by atoms with E-state index in [0.29, 0.717) is 5.56 Å². The number of aliphatic hydroxyl groups is 2. The normalized spacial score (nSPS) is 14.7. The van der Waals surface area contributed by atoms with Crippen molar-refractivity contribution in [1.82, 2.24) is 5.32 Å². The maximum atomic E-state index is 11.9. The first-order valence-electron chi connectivity index (χ1n) is 5.10. The number of benzene rings is 1. The second kappa shape index (κ2) is 6.48. The number of aliphatic hydroxyl groups excluding tert-OH is 2. The molecule has 4 nitrogen and oxygen atoms in total. The summed E-state index contributed by atoms with van der Waals surface area (Å²) in [6.45, 7) is -2.64. The van der Waals surface area contributed by atoms with Crippen molar-refractivity contribution < 1.29 is 23.7 Å². The predicted octanol–water partition coefficient (Wildman–Crippen LogP) is 0.902. The van der Waals surface area contributed by atoms with Crippen molar-refractivity contribution in [3.05, 3.63) is 29.8 Å². The molecule has 0 amide bonds. The highest BCUT2D eigenvalue weighted by Gasteiger charge is 2.17. The Kier molecular flexibility index (Phi) is 5.27. The van der Waals surface area contributed by atoms with Crippen molar-refractivity contribution in [3.8, 4) is 5.75 Å². The van der Waals surface area contributed by atoms with Crippen molar-refractivity contribution in [2.24, 2.45) is 0 Å². The molecule has 0 heterocycles. The van der Waals surface area contributed by atoms with E-state index in [-0.39, 0.29) is 12.3 Å². The summed E-state index contributed by atoms with van der Waals surface area (Å²) in [6.07, 6.45) is -2.02. The number of halogens is 2. The Balaban J connectivity index is 2.66. The van der Waals surface area contributed by atoms with Crippen LogP contribution in [0.2, 0.25) is 0 Å². The van der Waals surface area contributed by atoms with Crippen LogP contribution in [0.5, 0.6) is 5.75 Å². The van der Waals surface area contributed by atoms with Crippen LogP contribution >= 0.6 is 0 Å². The summed E-state index contributed by atoms with van der Waals surface area (Å²) in [7, 11) is 1.65. The summed E-state index contributed by atoms with van der Waals surface area (Å²) in [5.41, 5.74) is 0.439. The molecule has 0 aliphatic rings. The van der Waals surface area contributed by atoms with Crippen LogP contribution in [0, 0.1) is 0 Å². The Hall–Kier alpha value is -1.24. The smallest absolute Gasteiger partial charge is 0.387 e. The second-order valence-electron chi connectivity index (χ2n) is 3.52. The van der Waals surface area contributed by atoms with Crippen LogP contribution in [0.15, 0.2) is 24.3 Å². The maximum Gasteiger partial charge on any atom is 0.387 e. The molecule has 0 radical (unpaired) electrons. The van der Waals surface area contributed by atoms with Gasteiger partial charge in [0.1, 0.15) is 11.9 Å². The van der Waals surface area contributed by atoms with Gasteiger partial charge in [-0.2, -0.15) is 8.78 Å². The fraction of sp³-hybridized carbons (Fsp3) is 0.455. The van der Waals surface area contributed by atoms with Crippen molar-refractivity contribution in [2.45, 2.75) is 18.8 Å². The monoisotopic (exact) mass is 247 g/mol. The van der Waals surface area contributed by atoms with Gasteiger partial charge in [0, 0.05) is 6.54 Å². The third kappa shape index (κ3) is 4.26. The highest BCUT2D eigenvalue weighted by molar-refractivity contribution is 5.29. The van der Waals surface area contributed by atoms with Crippen LogP contribution in [0.3, 0.4) is 0 Å². The number of hydrogen-bond acceptors (Lipinski definition) is 4. The summed E-state index contributed by atoms with van der Waals surface area (Å²) in [5, 5.41) is 22.0. The lowest BCUT2D eigenvalue weighted by Crippen LogP contribution is -2.29. The number of hydrogen-bond donors (Lipinski definition) is 3. The Bertz CT molecular complexity index is 332. The minimum absolute atomic E-state index is 0.0130. The van der Waals surface area contributed by atoms with Crippen LogP contribution in [0.4, 0.5) is 8.78 Å². The molecule has 6 heteroatoms. The van der Waals surface area contributed by atoms with Crippen LogP contribution < -0.4 is 10.1 Å². The van der Waals surface area contributed by atoms with Gasteiger partial charge in [-0.05, 0) is 24.7 Å². The third-order valence-corrected chi connectivity index (χ3v) is 2.22. The van der Waals surface area contributed by atoms with Crippen molar-refractivity contribution in [3.63, 3.8) is 0 Å². The van der Waals surface area contributed by atoms with E-state index in [4.69, 9.17) is 0 Å². The largest absolute Gasteiger partial charge is 0.435 e. The Labute approximate surface area is 97.8 Å². The molecule has 17 heavy (non-hydrogen) atoms. The van der Waals surface area contributed by atoms with Gasteiger partial charge in [0.05, 0.1) is 6.10 Å². The molecule has 2 unspecified atom stereocenters. The molecular weight excluding hydrogens is 232 g/mol. The highest BCUT2D eigenvalue weighted by atomic mass is 19.3. The van der Waals surface area contributed by atoms with E-state index in [1.165, 1.54) is 24.3 Å². The summed E-state index contributed by atoms with van der Waals surface area (Å²) >= 11 is 0. The van der Waals surface area contributed by atoms with E-state index >= 15 is 0 Å². The second-order valence-corrected chi connectivity index (χ2v) is 3.52. The number of rotatable bonds is 6. The van der Waals surface area contributed by atoms with Crippen LogP contribution in [0.1, 0.15) is 11.7 Å². The lowest BCUT2D eigenvalue weighted by Gasteiger charge is -2.18. The average Bonchev–Trinajstić information content (AvgIpc) is 2.28. The predicted molar refractivity (Wildman–Crippen MR) is 58.0 cm³/mol. The molecule has 1 rings (SSSR count). The zero-order valence-electron chi connectivity index (χ0n) is 9.31. The summed E-state index contributed by atoms with van der Waals surface area (Å²) < 4.78 is 27.9. The standard InChI is InChI=1S/C11H15F2NO3/c1-14-6-9(15)10(16)7-2-4-8(5-3-7)17-11(12)13/h2-5,9-11,14-16H,6H2,1H3. The summed E-state index contributed by atoms with van der Waals surface area (Å²) in [6, 6.07) is 5.50. The molecule has 0 fully saturated rings. The van der Waals surface area contributed by atoms with Gasteiger partial charge in [0.25, 0.3) is 0 Å². The first kappa shape index (κ1) is 13.8. The van der Waals surface area contributed by atoms with E-state index in [0.717, 1.165) is 0 Å². The van der Waals surface area contributed by atoms with Gasteiger partial charge in [0.15, 0.2) is 0 Å². The van der Waals surface area contributed by atoms with E-state index in [2.05, 4.69) is 10.1 Å². The fourth-order valence-corrected chi connectivity index (χ4v) is 1.39. The molecule has 0 spiro atoms. The Morgan fingerprint density at radius 2 is 1.82 bits per heavy atom. The third-order valence-electron chi connectivity index (χ3n) is 2.22. The molecule has 0 bridgehead atoms. The fourth-order valence-electron chi connectivity index (χ4n) is 1.39. The minimum atomic E-state index is -2.87. The van der Waals surface area contributed by atoms with Crippen molar-refractivity contribution in [2.75, 3.05) is 13.6 Å². The van der Waals surface area contributed by atoms with Crippen LogP contribution in [-0.4, -0.2) is 36.5 Å². The number of alkyl halides is 2. The van der Waals surface area contributed by atoms with E-state index in [1.807, 2.05) is 0 Å². The molecule has 3 N–H and O–H groups in total. The van der Waals surface area contributed by atoms with Gasteiger partial charge >= 0.3 is 6.61 Å². The Morgan fingerprint density at radius 3 is 2.29 bits per heavy atom. The number of ether oxygens (including phenoxy) is 1. The zero-order chi connectivity index (χ0) is 12.8. The first-order chi connectivity index (χ1) is 8.04. The van der Waals surface area contributed by atoms with Gasteiger partial charge in [-0.25, -0.2) is 0 Å². The number of nitrogens with one attached hydrogen (secondary N) is 1. The summed E-state index contributed by atoms with van der Waals surface area (Å²) in [5.74, 6) is 0.0130. The van der Waals surface area contributed by atoms with Crippen LogP contribution in [-0.2, 0) is 0 Å². The Morgan fingerprint density at radius 1 is 1.24 bits per heavy atom. The molecule has 2 atom stereocenters. The molecule has 1 aromatic rings. The topological polar surface area (TPSA) is 61.7 Å². The van der Waals surface area contributed by atoms with Gasteiger partial charge in [-0.1, -0.05) is 12.1 Å². The van der Waals surface area contributed by atoms with Gasteiger partial charge in [-0.15, -0.1) is 0 Å². The maximum absolute atomic E-state index is 11.9. The minimum Gasteiger partial charge on any atom is -0.435 e. The average molecular weight is 247 g/mol. The highest BCUT2D eigenvalue weighted by Crippen LogP contribution is 2.21. The molecule has 0 saturated heterocycles. The molecule has 0 saturated carbocycles. The van der Waals surface area contributed by atoms with E-state index in [1.54, 1.807) is 7.05 Å². The van der Waals surface area contributed by atoms with E-state index < -0.39 is 18.8 Å². The van der Waals surface area contributed by atoms with Gasteiger partial charge in [0.2, 0.25) is 0 Å². The molecular formula is C11H15F2NO3. The van der Waals surface area contributed by atoms with Crippen LogP contribution in [0.25, 0.3) is 0 Å². The molecule has 1 aromatic carbocycles. The number of likely N-dealkylation sites (N-methyl/N-ethyl adjacent to an activating group) is 1. The zero-order valence-corrected chi connectivity index (χ0v) is 9.31. The van der Waals surface area contributed by atoms with Gasteiger partial charge in [-0.3, -0.25) is 0 Å². The van der Waals surface area contributed by atoms with Crippen molar-refractivity contribution in [1.29, 1.82) is 0 Å². The van der Waals surface area contributed by atoms with Crippen molar-refractivity contribution >= 4 is 0 Å². The SMILES string of the molecule is CNCC(O)C(O)c1ccc(OC(F)F)cc1. The van der Waals surface area contributed by atoms with E-state index in [9.17, 15) is 19.0 Å². The lowest BCUT2D eigenvalue weighted by molar-refractivity contribution is -0.0499. The lowest BCUT2D eigenvalue weighted by atomic mass is 10.0. The first-order valence-corrected chi connectivity index (χ1v) is 5.10. The molecule has 0 aliphatic carbocycles. The van der Waals surface area contributed by atoms with Gasteiger partial charge < -0.3 is 20.3 Å². The molecule has 96 valence electrons. The summed E-state index contributed by atoms with van der Waals surface area (Å²) in [4.78, 5) is 0. The molecule has 0 aromatic heterocycles.